The predicted molar refractivity (Wildman–Crippen MR) is 125 cm³/mol. The number of likely N-dealkylation sites (tertiary alicyclic amines) is 2. The summed E-state index contributed by atoms with van der Waals surface area (Å²) in [5.41, 5.74) is 10.2. The number of hydrogen-bond donors (Lipinski definition) is 1. The number of nitrogen functional groups attached to an aromatic ring is 1. The third-order valence-corrected chi connectivity index (χ3v) is 7.22. The molecule has 168 valence electrons. The van der Waals surface area contributed by atoms with Gasteiger partial charge in [0.15, 0.2) is 0 Å². The number of carbonyl (C=O) groups is 2. The van der Waals surface area contributed by atoms with Crippen molar-refractivity contribution in [3.8, 4) is 0 Å². The quantitative estimate of drug-likeness (QED) is 0.754. The van der Waals surface area contributed by atoms with Gasteiger partial charge in [-0.25, -0.2) is 0 Å². The van der Waals surface area contributed by atoms with Crippen molar-refractivity contribution < 1.29 is 9.59 Å². The molecule has 0 unspecified atom stereocenters. The zero-order valence-corrected chi connectivity index (χ0v) is 18.6. The van der Waals surface area contributed by atoms with Crippen molar-refractivity contribution in [3.63, 3.8) is 0 Å². The van der Waals surface area contributed by atoms with Crippen LogP contribution in [0, 0.1) is 0 Å². The Hall–Kier alpha value is -2.86. The topological polar surface area (TPSA) is 69.9 Å². The number of nitrogens with zero attached hydrogens (tertiary/aromatic N) is 3. The van der Waals surface area contributed by atoms with Crippen LogP contribution in [0.25, 0.3) is 0 Å². The molecule has 3 aliphatic rings. The maximum absolute atomic E-state index is 13.3. The van der Waals surface area contributed by atoms with Crippen molar-refractivity contribution in [3.05, 3.63) is 64.7 Å². The Morgan fingerprint density at radius 2 is 1.59 bits per heavy atom. The second-order valence-corrected chi connectivity index (χ2v) is 9.38. The van der Waals surface area contributed by atoms with E-state index in [1.807, 2.05) is 17.0 Å². The Balaban J connectivity index is 1.27. The molecule has 32 heavy (non-hydrogen) atoms. The summed E-state index contributed by atoms with van der Waals surface area (Å²) in [6, 6.07) is 13.5. The van der Waals surface area contributed by atoms with Crippen LogP contribution in [0.2, 0.25) is 0 Å². The average molecular weight is 433 g/mol. The molecule has 0 spiro atoms. The van der Waals surface area contributed by atoms with Gasteiger partial charge in [0.2, 0.25) is 0 Å². The molecule has 5 rings (SSSR count). The maximum atomic E-state index is 13.3. The fourth-order valence-electron chi connectivity index (χ4n) is 5.39. The second-order valence-electron chi connectivity index (χ2n) is 9.38. The van der Waals surface area contributed by atoms with Crippen LogP contribution in [0.3, 0.4) is 0 Å². The number of benzene rings is 2. The molecule has 2 aromatic carbocycles. The molecule has 2 aromatic rings. The van der Waals surface area contributed by atoms with E-state index in [4.69, 9.17) is 5.73 Å². The van der Waals surface area contributed by atoms with Gasteiger partial charge in [0, 0.05) is 49.0 Å². The molecule has 2 fully saturated rings. The first-order valence-corrected chi connectivity index (χ1v) is 11.9. The summed E-state index contributed by atoms with van der Waals surface area (Å²) in [4.78, 5) is 32.7. The summed E-state index contributed by atoms with van der Waals surface area (Å²) in [5.74, 6) is 0.188. The van der Waals surface area contributed by atoms with Crippen molar-refractivity contribution in [2.75, 3.05) is 38.5 Å². The summed E-state index contributed by atoms with van der Waals surface area (Å²) in [6.45, 7) is 5.45. The fourth-order valence-corrected chi connectivity index (χ4v) is 5.39. The number of amides is 2. The van der Waals surface area contributed by atoms with Crippen LogP contribution >= 0.6 is 0 Å². The van der Waals surface area contributed by atoms with Crippen LogP contribution in [-0.2, 0) is 13.0 Å². The second kappa shape index (κ2) is 8.94. The van der Waals surface area contributed by atoms with Gasteiger partial charge >= 0.3 is 0 Å². The van der Waals surface area contributed by atoms with E-state index in [0.29, 0.717) is 30.4 Å². The molecule has 3 aliphatic heterocycles. The van der Waals surface area contributed by atoms with Gasteiger partial charge in [-0.05, 0) is 92.7 Å². The number of hydrogen-bond acceptors (Lipinski definition) is 4. The lowest BCUT2D eigenvalue weighted by molar-refractivity contribution is 0.0703. The van der Waals surface area contributed by atoms with Gasteiger partial charge in [0.05, 0.1) is 0 Å². The highest BCUT2D eigenvalue weighted by atomic mass is 16.2. The minimum atomic E-state index is 0.0256. The zero-order valence-electron chi connectivity index (χ0n) is 18.6. The smallest absolute Gasteiger partial charge is 0.254 e. The first kappa shape index (κ1) is 21.0. The first-order valence-electron chi connectivity index (χ1n) is 11.9. The maximum Gasteiger partial charge on any atom is 0.254 e. The Morgan fingerprint density at radius 1 is 0.844 bits per heavy atom. The van der Waals surface area contributed by atoms with Gasteiger partial charge < -0.3 is 20.4 Å². The number of nitrogens with two attached hydrogens (primary N) is 1. The summed E-state index contributed by atoms with van der Waals surface area (Å²) in [5, 5.41) is 0. The van der Waals surface area contributed by atoms with Crippen molar-refractivity contribution in [2.24, 2.45) is 0 Å². The largest absolute Gasteiger partial charge is 0.399 e. The molecule has 6 heteroatoms. The lowest BCUT2D eigenvalue weighted by Crippen LogP contribution is -2.42. The van der Waals surface area contributed by atoms with E-state index in [-0.39, 0.29) is 11.8 Å². The van der Waals surface area contributed by atoms with Gasteiger partial charge in [0.25, 0.3) is 11.8 Å². The Kier molecular flexibility index (Phi) is 5.87. The van der Waals surface area contributed by atoms with E-state index in [9.17, 15) is 9.59 Å². The monoisotopic (exact) mass is 432 g/mol. The normalized spacial score (nSPS) is 21.1. The Labute approximate surface area is 190 Å². The van der Waals surface area contributed by atoms with E-state index in [2.05, 4.69) is 15.9 Å². The number of rotatable bonds is 4. The summed E-state index contributed by atoms with van der Waals surface area (Å²) in [6.07, 6.45) is 5.54. The molecule has 0 aromatic heterocycles. The third kappa shape index (κ3) is 4.24. The van der Waals surface area contributed by atoms with Gasteiger partial charge in [-0.15, -0.1) is 0 Å². The minimum Gasteiger partial charge on any atom is -0.399 e. The molecule has 0 radical (unpaired) electrons. The lowest BCUT2D eigenvalue weighted by Gasteiger charge is -2.31. The van der Waals surface area contributed by atoms with Gasteiger partial charge in [-0.1, -0.05) is 6.07 Å². The van der Waals surface area contributed by atoms with Crippen molar-refractivity contribution in [1.29, 1.82) is 0 Å². The van der Waals surface area contributed by atoms with Crippen LogP contribution in [0.5, 0.6) is 0 Å². The average Bonchev–Trinajstić information content (AvgIpc) is 3.50. The number of anilines is 1. The van der Waals surface area contributed by atoms with Crippen LogP contribution < -0.4 is 5.73 Å². The molecule has 2 saturated heterocycles. The molecular formula is C26H32N4O2. The fraction of sp³-hybridized carbons (Fsp3) is 0.462. The van der Waals surface area contributed by atoms with E-state index in [1.165, 1.54) is 31.5 Å². The van der Waals surface area contributed by atoms with Crippen molar-refractivity contribution in [2.45, 2.75) is 44.7 Å². The lowest BCUT2D eigenvalue weighted by atomic mass is 9.96. The van der Waals surface area contributed by atoms with Gasteiger partial charge in [0.1, 0.15) is 0 Å². The number of fused-ring (bicyclic) bond motifs is 1. The Bertz CT molecular complexity index is 997. The highest BCUT2D eigenvalue weighted by Gasteiger charge is 2.32. The molecule has 3 heterocycles. The highest BCUT2D eigenvalue weighted by Crippen LogP contribution is 2.26. The summed E-state index contributed by atoms with van der Waals surface area (Å²) < 4.78 is 0. The molecule has 2 amide bonds. The third-order valence-electron chi connectivity index (χ3n) is 7.22. The molecule has 1 atom stereocenters. The van der Waals surface area contributed by atoms with Crippen LogP contribution in [0.4, 0.5) is 5.69 Å². The zero-order chi connectivity index (χ0) is 22.1. The van der Waals surface area contributed by atoms with Crippen molar-refractivity contribution in [1.82, 2.24) is 14.7 Å². The highest BCUT2D eigenvalue weighted by molar-refractivity contribution is 5.96. The van der Waals surface area contributed by atoms with Crippen LogP contribution in [0.15, 0.2) is 42.5 Å². The van der Waals surface area contributed by atoms with E-state index < -0.39 is 0 Å². The summed E-state index contributed by atoms with van der Waals surface area (Å²) >= 11 is 0. The van der Waals surface area contributed by atoms with E-state index >= 15 is 0 Å². The molecular weight excluding hydrogens is 400 g/mol. The van der Waals surface area contributed by atoms with E-state index in [0.717, 1.165) is 43.5 Å². The van der Waals surface area contributed by atoms with Crippen LogP contribution in [0.1, 0.15) is 57.5 Å². The predicted octanol–water partition coefficient (Wildman–Crippen LogP) is 3.17. The number of carbonyl (C=O) groups excluding carboxylic acids is 2. The van der Waals surface area contributed by atoms with Crippen molar-refractivity contribution >= 4 is 17.5 Å². The Morgan fingerprint density at radius 3 is 2.38 bits per heavy atom. The standard InChI is InChI=1S/C26H32N4O2/c27-23-9-7-19(8-10-23)25(31)29-15-11-20-16-21(5-6-22(20)17-29)26(32)30-14-3-4-24(30)18-28-12-1-2-13-28/h5-10,16,24H,1-4,11-15,17-18,27H2/t24-/m0/s1. The molecule has 0 aliphatic carbocycles. The molecule has 2 N–H and O–H groups in total. The minimum absolute atomic E-state index is 0.0256. The van der Waals surface area contributed by atoms with Gasteiger partial charge in [-0.2, -0.15) is 0 Å². The van der Waals surface area contributed by atoms with Crippen LogP contribution in [-0.4, -0.2) is 65.3 Å². The molecule has 0 bridgehead atoms. The van der Waals surface area contributed by atoms with E-state index in [1.54, 1.807) is 24.3 Å². The van der Waals surface area contributed by atoms with Gasteiger partial charge in [-0.3, -0.25) is 9.59 Å². The first-order chi connectivity index (χ1) is 15.6. The SMILES string of the molecule is Nc1ccc(C(=O)N2CCc3cc(C(=O)N4CCC[C@H]4CN4CCCC4)ccc3C2)cc1. The molecule has 0 saturated carbocycles. The summed E-state index contributed by atoms with van der Waals surface area (Å²) in [7, 11) is 0. The molecule has 6 nitrogen and oxygen atoms in total.